The van der Waals surface area contributed by atoms with Crippen molar-refractivity contribution in [3.05, 3.63) is 29.8 Å². The molecule has 0 aliphatic carbocycles. The second-order valence-electron chi connectivity index (χ2n) is 8.46. The van der Waals surface area contributed by atoms with Crippen LogP contribution in [0.5, 0.6) is 0 Å². The third-order valence-corrected chi connectivity index (χ3v) is 5.47. The van der Waals surface area contributed by atoms with Gasteiger partial charge in [-0.2, -0.15) is 0 Å². The van der Waals surface area contributed by atoms with E-state index in [1.54, 1.807) is 0 Å². The first kappa shape index (κ1) is 19.7. The Labute approximate surface area is 161 Å². The van der Waals surface area contributed by atoms with Crippen molar-refractivity contribution in [2.75, 3.05) is 24.5 Å². The normalized spacial score (nSPS) is 21.5. The summed E-state index contributed by atoms with van der Waals surface area (Å²) >= 11 is 0. The first-order valence-electron chi connectivity index (χ1n) is 9.92. The van der Waals surface area contributed by atoms with Crippen LogP contribution in [0.1, 0.15) is 51.5 Å². The number of piperidine rings is 1. The molecule has 148 valence electrons. The topological polar surface area (TPSA) is 75.9 Å². The molecule has 0 spiro atoms. The van der Waals surface area contributed by atoms with Gasteiger partial charge < -0.3 is 15.4 Å². The molecule has 2 fully saturated rings. The largest absolute Gasteiger partial charge is 0.444 e. The van der Waals surface area contributed by atoms with E-state index in [1.165, 1.54) is 37.9 Å². The van der Waals surface area contributed by atoms with Gasteiger partial charge >= 0.3 is 6.09 Å². The molecule has 1 aromatic carbocycles. The number of primary amides is 1. The van der Waals surface area contributed by atoms with E-state index in [4.69, 9.17) is 10.5 Å². The molecule has 2 saturated heterocycles. The maximum Gasteiger partial charge on any atom is 0.405 e. The highest BCUT2D eigenvalue weighted by Gasteiger charge is 2.35. The number of amides is 2. The highest BCUT2D eigenvalue weighted by molar-refractivity contribution is 5.95. The van der Waals surface area contributed by atoms with E-state index < -0.39 is 11.7 Å². The van der Waals surface area contributed by atoms with Gasteiger partial charge in [0.05, 0.1) is 0 Å². The van der Waals surface area contributed by atoms with E-state index >= 15 is 0 Å². The van der Waals surface area contributed by atoms with Crippen LogP contribution >= 0.6 is 0 Å². The summed E-state index contributed by atoms with van der Waals surface area (Å²) in [5, 5.41) is 0. The van der Waals surface area contributed by atoms with Crippen LogP contribution in [0.4, 0.5) is 10.5 Å². The number of nitrogens with two attached hydrogens (primary N) is 1. The molecule has 2 aliphatic heterocycles. The third-order valence-electron chi connectivity index (χ3n) is 5.47. The molecule has 2 aliphatic rings. The summed E-state index contributed by atoms with van der Waals surface area (Å²) in [4.78, 5) is 27.9. The van der Waals surface area contributed by atoms with Crippen LogP contribution in [0.2, 0.25) is 0 Å². The first-order chi connectivity index (χ1) is 12.8. The van der Waals surface area contributed by atoms with Gasteiger partial charge in [-0.3, -0.25) is 9.69 Å². The number of benzene rings is 1. The Bertz CT molecular complexity index is 666. The van der Waals surface area contributed by atoms with Crippen LogP contribution in [-0.2, 0) is 16.1 Å². The molecule has 0 bridgehead atoms. The van der Waals surface area contributed by atoms with E-state index in [0.29, 0.717) is 19.4 Å². The zero-order valence-corrected chi connectivity index (χ0v) is 16.4. The maximum absolute atomic E-state index is 12.5. The second-order valence-corrected chi connectivity index (χ2v) is 8.46. The van der Waals surface area contributed by atoms with Crippen molar-refractivity contribution in [3.63, 3.8) is 0 Å². The Morgan fingerprint density at radius 1 is 1.19 bits per heavy atom. The molecule has 0 radical (unpaired) electrons. The molecule has 1 atom stereocenters. The highest BCUT2D eigenvalue weighted by Crippen LogP contribution is 2.31. The zero-order valence-electron chi connectivity index (χ0n) is 16.4. The summed E-state index contributed by atoms with van der Waals surface area (Å²) in [5.41, 5.74) is 6.71. The minimum absolute atomic E-state index is 0.124. The Balaban J connectivity index is 1.57. The molecular weight excluding hydrogens is 342 g/mol. The molecular formula is C21H31N3O3. The monoisotopic (exact) mass is 373 g/mol. The van der Waals surface area contributed by atoms with Crippen molar-refractivity contribution >= 4 is 17.7 Å². The molecule has 2 N–H and O–H groups in total. The summed E-state index contributed by atoms with van der Waals surface area (Å²) in [6, 6.07) is 8.35. The first-order valence-corrected chi connectivity index (χ1v) is 9.92. The van der Waals surface area contributed by atoms with Crippen LogP contribution in [0.25, 0.3) is 0 Å². The van der Waals surface area contributed by atoms with Crippen LogP contribution in [-0.4, -0.2) is 42.1 Å². The number of nitrogens with zero attached hydrogens (tertiary/aromatic N) is 2. The Kier molecular flexibility index (Phi) is 6.05. The van der Waals surface area contributed by atoms with Gasteiger partial charge in [-0.15, -0.1) is 0 Å². The number of carbonyl (C=O) groups is 2. The van der Waals surface area contributed by atoms with Crippen molar-refractivity contribution in [2.45, 2.75) is 58.1 Å². The fourth-order valence-corrected chi connectivity index (χ4v) is 4.33. The number of hydrogen-bond acceptors (Lipinski definition) is 4. The Morgan fingerprint density at radius 2 is 1.85 bits per heavy atom. The Hall–Kier alpha value is -2.08. The van der Waals surface area contributed by atoms with Gasteiger partial charge in [0.15, 0.2) is 0 Å². The molecule has 2 amide bonds. The molecule has 2 heterocycles. The second kappa shape index (κ2) is 8.30. The molecule has 6 heteroatoms. The minimum Gasteiger partial charge on any atom is -0.444 e. The van der Waals surface area contributed by atoms with Gasteiger partial charge in [0, 0.05) is 25.2 Å². The Morgan fingerprint density at radius 3 is 2.48 bits per heavy atom. The van der Waals surface area contributed by atoms with E-state index in [2.05, 4.69) is 17.0 Å². The fraction of sp³-hybridized carbons (Fsp3) is 0.619. The average Bonchev–Trinajstić information content (AvgIpc) is 2.94. The zero-order chi connectivity index (χ0) is 19.4. The number of hydrogen-bond donors (Lipinski definition) is 1. The smallest absolute Gasteiger partial charge is 0.405 e. The van der Waals surface area contributed by atoms with E-state index in [-0.39, 0.29) is 11.8 Å². The molecule has 1 unspecified atom stereocenters. The van der Waals surface area contributed by atoms with Gasteiger partial charge in [-0.1, -0.05) is 18.6 Å². The predicted octanol–water partition coefficient (Wildman–Crippen LogP) is 3.29. The van der Waals surface area contributed by atoms with Crippen molar-refractivity contribution in [2.24, 2.45) is 11.7 Å². The lowest BCUT2D eigenvalue weighted by Gasteiger charge is -2.27. The number of likely N-dealkylation sites (tertiary alicyclic amines) is 1. The number of ether oxygens (including phenoxy) is 1. The summed E-state index contributed by atoms with van der Waals surface area (Å²) in [6.07, 6.45) is 4.24. The number of rotatable bonds is 6. The quantitative estimate of drug-likeness (QED) is 0.830. The highest BCUT2D eigenvalue weighted by atomic mass is 16.6. The van der Waals surface area contributed by atoms with Crippen LogP contribution in [0, 0.1) is 5.92 Å². The van der Waals surface area contributed by atoms with E-state index in [9.17, 15) is 9.59 Å². The van der Waals surface area contributed by atoms with Crippen molar-refractivity contribution in [1.29, 1.82) is 0 Å². The van der Waals surface area contributed by atoms with Crippen LogP contribution in [0.15, 0.2) is 24.3 Å². The molecule has 0 saturated carbocycles. The predicted molar refractivity (Wildman–Crippen MR) is 105 cm³/mol. The SMILES string of the molecule is CC(C)(CC1CC(=O)N(c2ccc(CN3CCCCC3)cc2)C1)OC(N)=O. The number of carbonyl (C=O) groups excluding carboxylic acids is 2. The van der Waals surface area contributed by atoms with E-state index in [1.807, 2.05) is 30.9 Å². The fourth-order valence-electron chi connectivity index (χ4n) is 4.33. The van der Waals surface area contributed by atoms with Gasteiger partial charge in [0.25, 0.3) is 0 Å². The van der Waals surface area contributed by atoms with Crippen molar-refractivity contribution < 1.29 is 14.3 Å². The number of anilines is 1. The average molecular weight is 373 g/mol. The van der Waals surface area contributed by atoms with E-state index in [0.717, 1.165) is 12.2 Å². The van der Waals surface area contributed by atoms with Gasteiger partial charge in [-0.25, -0.2) is 4.79 Å². The lowest BCUT2D eigenvalue weighted by molar-refractivity contribution is -0.117. The lowest BCUT2D eigenvalue weighted by Crippen LogP contribution is -2.34. The molecule has 27 heavy (non-hydrogen) atoms. The van der Waals surface area contributed by atoms with Gasteiger partial charge in [0.2, 0.25) is 5.91 Å². The van der Waals surface area contributed by atoms with Crippen LogP contribution in [0.3, 0.4) is 0 Å². The van der Waals surface area contributed by atoms with Gasteiger partial charge in [0.1, 0.15) is 5.60 Å². The standard InChI is InChI=1S/C21H31N3O3/c1-21(2,27-20(22)26)13-17-12-19(25)24(15-17)18-8-6-16(7-9-18)14-23-10-4-3-5-11-23/h6-9,17H,3-5,10-15H2,1-2H3,(H2,22,26). The van der Waals surface area contributed by atoms with Crippen molar-refractivity contribution in [3.8, 4) is 0 Å². The summed E-state index contributed by atoms with van der Waals surface area (Å²) < 4.78 is 5.17. The summed E-state index contributed by atoms with van der Waals surface area (Å²) in [7, 11) is 0. The molecule has 3 rings (SSSR count). The van der Waals surface area contributed by atoms with Crippen LogP contribution < -0.4 is 10.6 Å². The van der Waals surface area contributed by atoms with Crippen molar-refractivity contribution in [1.82, 2.24) is 4.90 Å². The summed E-state index contributed by atoms with van der Waals surface area (Å²) in [6.45, 7) is 7.65. The van der Waals surface area contributed by atoms with Gasteiger partial charge in [-0.05, 0) is 69.8 Å². The molecule has 6 nitrogen and oxygen atoms in total. The minimum atomic E-state index is -0.773. The maximum atomic E-state index is 12.5. The molecule has 1 aromatic rings. The summed E-state index contributed by atoms with van der Waals surface area (Å²) in [5.74, 6) is 0.276. The lowest BCUT2D eigenvalue weighted by atomic mass is 9.92. The third kappa shape index (κ3) is 5.45. The molecule has 0 aromatic heterocycles.